The Morgan fingerprint density at radius 1 is 1.56 bits per heavy atom. The molecule has 5 heteroatoms. The van der Waals surface area contributed by atoms with Crippen LogP contribution in [0.25, 0.3) is 0 Å². The largest absolute Gasteiger partial charge is 0.507 e. The van der Waals surface area contributed by atoms with Gasteiger partial charge in [0.2, 0.25) is 0 Å². The quantitative estimate of drug-likeness (QED) is 0.838. The lowest BCUT2D eigenvalue weighted by molar-refractivity contribution is 0.0591. The van der Waals surface area contributed by atoms with E-state index >= 15 is 0 Å². The molecule has 0 aromatic heterocycles. The van der Waals surface area contributed by atoms with Gasteiger partial charge in [0.1, 0.15) is 11.3 Å². The number of ether oxygens (including phenoxy) is 2. The molecule has 0 spiro atoms. The van der Waals surface area contributed by atoms with E-state index in [-0.39, 0.29) is 22.6 Å². The number of phenolic OH excluding ortho intramolecular Hbond substituents is 1. The number of carbonyl (C=O) groups excluding carboxylic acids is 1. The third-order valence-electron chi connectivity index (χ3n) is 2.93. The zero-order valence-corrected chi connectivity index (χ0v) is 10.3. The van der Waals surface area contributed by atoms with Crippen molar-refractivity contribution in [2.24, 2.45) is 5.92 Å². The molecule has 0 saturated heterocycles. The highest BCUT2D eigenvalue weighted by molar-refractivity contribution is 5.95. The number of esters is 1. The first-order valence-electron chi connectivity index (χ1n) is 5.77. The lowest BCUT2D eigenvalue weighted by atomic mass is 10.1. The van der Waals surface area contributed by atoms with Gasteiger partial charge in [0.25, 0.3) is 0 Å². The summed E-state index contributed by atoms with van der Waals surface area (Å²) in [4.78, 5) is 11.6. The summed E-state index contributed by atoms with van der Waals surface area (Å²) in [5.74, 6) is -1.57. The molecule has 4 nitrogen and oxygen atoms in total. The number of hydrogen-bond acceptors (Lipinski definition) is 4. The van der Waals surface area contributed by atoms with Crippen molar-refractivity contribution in [3.63, 3.8) is 0 Å². The standard InChI is InChI=1S/C13H15FO4/c1-7-5-9(15)10(13(16)17-2)12(11(7)14)18-6-8-3-4-8/h5,8,15H,3-4,6H2,1-2H3. The summed E-state index contributed by atoms with van der Waals surface area (Å²) in [6.07, 6.45) is 2.10. The minimum atomic E-state index is -0.808. The van der Waals surface area contributed by atoms with Crippen molar-refractivity contribution in [1.29, 1.82) is 0 Å². The van der Waals surface area contributed by atoms with Gasteiger partial charge in [-0.05, 0) is 37.3 Å². The summed E-state index contributed by atoms with van der Waals surface area (Å²) in [6.45, 7) is 1.85. The number of methoxy groups -OCH3 is 1. The smallest absolute Gasteiger partial charge is 0.345 e. The van der Waals surface area contributed by atoms with Crippen LogP contribution < -0.4 is 4.74 Å². The molecule has 1 saturated carbocycles. The van der Waals surface area contributed by atoms with Crippen molar-refractivity contribution in [3.05, 3.63) is 23.0 Å². The van der Waals surface area contributed by atoms with E-state index in [9.17, 15) is 14.3 Å². The van der Waals surface area contributed by atoms with E-state index in [0.717, 1.165) is 12.8 Å². The first kappa shape index (κ1) is 12.7. The maximum Gasteiger partial charge on any atom is 0.345 e. The lowest BCUT2D eigenvalue weighted by Gasteiger charge is -2.13. The molecule has 0 amide bonds. The highest BCUT2D eigenvalue weighted by atomic mass is 19.1. The molecule has 0 bridgehead atoms. The molecule has 0 radical (unpaired) electrons. The number of rotatable bonds is 4. The van der Waals surface area contributed by atoms with Crippen LogP contribution in [-0.4, -0.2) is 24.8 Å². The average molecular weight is 254 g/mol. The van der Waals surface area contributed by atoms with Gasteiger partial charge in [-0.3, -0.25) is 0 Å². The van der Waals surface area contributed by atoms with Gasteiger partial charge in [-0.1, -0.05) is 0 Å². The van der Waals surface area contributed by atoms with Crippen molar-refractivity contribution in [1.82, 2.24) is 0 Å². The Kier molecular flexibility index (Phi) is 3.41. The van der Waals surface area contributed by atoms with Crippen molar-refractivity contribution in [3.8, 4) is 11.5 Å². The summed E-state index contributed by atoms with van der Waals surface area (Å²) in [6, 6.07) is 1.19. The van der Waals surface area contributed by atoms with E-state index in [2.05, 4.69) is 4.74 Å². The number of phenols is 1. The number of carbonyl (C=O) groups is 1. The monoisotopic (exact) mass is 254 g/mol. The second-order valence-electron chi connectivity index (χ2n) is 4.48. The van der Waals surface area contributed by atoms with Gasteiger partial charge in [0.15, 0.2) is 11.6 Å². The number of benzene rings is 1. The Labute approximate surface area is 104 Å². The van der Waals surface area contributed by atoms with Crippen LogP contribution in [0.5, 0.6) is 11.5 Å². The summed E-state index contributed by atoms with van der Waals surface area (Å²) in [5, 5.41) is 9.73. The first-order valence-corrected chi connectivity index (χ1v) is 5.77. The van der Waals surface area contributed by atoms with E-state index in [1.807, 2.05) is 0 Å². The van der Waals surface area contributed by atoms with Gasteiger partial charge in [-0.25, -0.2) is 9.18 Å². The molecule has 1 N–H and O–H groups in total. The van der Waals surface area contributed by atoms with E-state index in [1.165, 1.54) is 20.1 Å². The van der Waals surface area contributed by atoms with Crippen LogP contribution in [0, 0.1) is 18.7 Å². The zero-order chi connectivity index (χ0) is 13.3. The third-order valence-corrected chi connectivity index (χ3v) is 2.93. The number of aromatic hydroxyl groups is 1. The Bertz CT molecular complexity index is 480. The van der Waals surface area contributed by atoms with Gasteiger partial charge in [-0.15, -0.1) is 0 Å². The molecule has 18 heavy (non-hydrogen) atoms. The van der Waals surface area contributed by atoms with Crippen LogP contribution in [0.3, 0.4) is 0 Å². The highest BCUT2D eigenvalue weighted by Crippen LogP contribution is 2.36. The minimum Gasteiger partial charge on any atom is -0.507 e. The third kappa shape index (κ3) is 2.39. The zero-order valence-electron chi connectivity index (χ0n) is 10.3. The predicted octanol–water partition coefficient (Wildman–Crippen LogP) is 2.42. The molecule has 1 aliphatic carbocycles. The molecule has 2 rings (SSSR count). The number of aryl methyl sites for hydroxylation is 1. The molecule has 0 unspecified atom stereocenters. The predicted molar refractivity (Wildman–Crippen MR) is 62.4 cm³/mol. The van der Waals surface area contributed by atoms with E-state index in [1.54, 1.807) is 0 Å². The maximum absolute atomic E-state index is 14.0. The molecular formula is C13H15FO4. The van der Waals surface area contributed by atoms with Crippen LogP contribution in [0.15, 0.2) is 6.07 Å². The fourth-order valence-electron chi connectivity index (χ4n) is 1.67. The van der Waals surface area contributed by atoms with Gasteiger partial charge >= 0.3 is 5.97 Å². The number of halogens is 1. The Balaban J connectivity index is 2.39. The maximum atomic E-state index is 14.0. The average Bonchev–Trinajstić information content (AvgIpc) is 3.15. The molecule has 1 aliphatic rings. The van der Waals surface area contributed by atoms with Crippen LogP contribution in [-0.2, 0) is 4.74 Å². The highest BCUT2D eigenvalue weighted by Gasteiger charge is 2.27. The minimum absolute atomic E-state index is 0.216. The fourth-order valence-corrected chi connectivity index (χ4v) is 1.67. The van der Waals surface area contributed by atoms with Crippen LogP contribution in [0.2, 0.25) is 0 Å². The van der Waals surface area contributed by atoms with Crippen molar-refractivity contribution in [2.75, 3.05) is 13.7 Å². The van der Waals surface area contributed by atoms with E-state index in [4.69, 9.17) is 4.74 Å². The molecule has 98 valence electrons. The summed E-state index contributed by atoms with van der Waals surface area (Å²) >= 11 is 0. The topological polar surface area (TPSA) is 55.8 Å². The molecular weight excluding hydrogens is 239 g/mol. The molecule has 1 aromatic carbocycles. The molecule has 0 atom stereocenters. The number of hydrogen-bond donors (Lipinski definition) is 1. The van der Waals surface area contributed by atoms with Crippen molar-refractivity contribution in [2.45, 2.75) is 19.8 Å². The lowest BCUT2D eigenvalue weighted by Crippen LogP contribution is -2.10. The molecule has 1 aromatic rings. The van der Waals surface area contributed by atoms with Gasteiger partial charge in [-0.2, -0.15) is 0 Å². The van der Waals surface area contributed by atoms with Crippen molar-refractivity contribution < 1.29 is 23.8 Å². The van der Waals surface area contributed by atoms with E-state index < -0.39 is 11.8 Å². The van der Waals surface area contributed by atoms with Crippen LogP contribution >= 0.6 is 0 Å². The van der Waals surface area contributed by atoms with Gasteiger partial charge in [0, 0.05) is 0 Å². The summed E-state index contributed by atoms with van der Waals surface area (Å²) in [5.41, 5.74) is -0.0211. The molecule has 0 aliphatic heterocycles. The Hall–Kier alpha value is -1.78. The van der Waals surface area contributed by atoms with Gasteiger partial charge < -0.3 is 14.6 Å². The fraction of sp³-hybridized carbons (Fsp3) is 0.462. The van der Waals surface area contributed by atoms with Crippen LogP contribution in [0.1, 0.15) is 28.8 Å². The van der Waals surface area contributed by atoms with Gasteiger partial charge in [0.05, 0.1) is 13.7 Å². The second-order valence-corrected chi connectivity index (χ2v) is 4.48. The van der Waals surface area contributed by atoms with E-state index in [0.29, 0.717) is 12.5 Å². The van der Waals surface area contributed by atoms with Crippen LogP contribution in [0.4, 0.5) is 4.39 Å². The summed E-state index contributed by atoms with van der Waals surface area (Å²) in [7, 11) is 1.17. The Morgan fingerprint density at radius 2 is 2.22 bits per heavy atom. The normalized spacial score (nSPS) is 14.4. The first-order chi connectivity index (χ1) is 8.54. The molecule has 0 heterocycles. The SMILES string of the molecule is COC(=O)c1c(O)cc(C)c(F)c1OCC1CC1. The summed E-state index contributed by atoms with van der Waals surface area (Å²) < 4.78 is 23.8. The molecule has 1 fully saturated rings. The van der Waals surface area contributed by atoms with Crippen molar-refractivity contribution >= 4 is 5.97 Å². The Morgan fingerprint density at radius 3 is 2.78 bits per heavy atom. The second kappa shape index (κ2) is 4.84.